The van der Waals surface area contributed by atoms with Gasteiger partial charge in [0.25, 0.3) is 0 Å². The lowest BCUT2D eigenvalue weighted by atomic mass is 10.2. The van der Waals surface area contributed by atoms with E-state index in [-0.39, 0.29) is 0 Å². The summed E-state index contributed by atoms with van der Waals surface area (Å²) in [5.74, 6) is 2.75. The van der Waals surface area contributed by atoms with Crippen molar-refractivity contribution in [3.8, 4) is 27.8 Å². The third-order valence-electron chi connectivity index (χ3n) is 4.77. The average molecular weight is 413 g/mol. The molecule has 0 unspecified atom stereocenters. The predicted octanol–water partition coefficient (Wildman–Crippen LogP) is 4.81. The Labute approximate surface area is 174 Å². The predicted molar refractivity (Wildman–Crippen MR) is 114 cm³/mol. The van der Waals surface area contributed by atoms with Gasteiger partial charge in [-0.2, -0.15) is 0 Å². The molecule has 2 heterocycles. The first kappa shape index (κ1) is 19.4. The van der Waals surface area contributed by atoms with Crippen LogP contribution in [-0.4, -0.2) is 36.3 Å². The van der Waals surface area contributed by atoms with Crippen molar-refractivity contribution in [2.75, 3.05) is 26.6 Å². The summed E-state index contributed by atoms with van der Waals surface area (Å²) < 4.78 is 16.2. The zero-order valence-corrected chi connectivity index (χ0v) is 17.8. The van der Waals surface area contributed by atoms with Crippen LogP contribution < -0.4 is 19.5 Å². The molecule has 0 aliphatic heterocycles. The fourth-order valence-corrected chi connectivity index (χ4v) is 4.23. The van der Waals surface area contributed by atoms with Gasteiger partial charge in [0.15, 0.2) is 11.5 Å². The molecule has 0 radical (unpaired) electrons. The first-order valence-corrected chi connectivity index (χ1v) is 10.4. The average Bonchev–Trinajstić information content (AvgIpc) is 3.51. The van der Waals surface area contributed by atoms with E-state index in [0.29, 0.717) is 29.1 Å². The molecule has 152 valence electrons. The van der Waals surface area contributed by atoms with E-state index in [1.165, 1.54) is 18.5 Å². The second kappa shape index (κ2) is 8.24. The van der Waals surface area contributed by atoms with Crippen LogP contribution in [0.15, 0.2) is 24.4 Å². The quantitative estimate of drug-likeness (QED) is 0.569. The Balaban J connectivity index is 1.66. The van der Waals surface area contributed by atoms with Gasteiger partial charge in [0.05, 0.1) is 42.6 Å². The van der Waals surface area contributed by atoms with Gasteiger partial charge in [-0.1, -0.05) is 6.92 Å². The number of nitrogens with one attached hydrogen (secondary N) is 1. The number of nitrogens with zero attached hydrogens (tertiary/aromatic N) is 3. The molecule has 29 heavy (non-hydrogen) atoms. The minimum Gasteiger partial charge on any atom is -0.493 e. The third kappa shape index (κ3) is 3.98. The summed E-state index contributed by atoms with van der Waals surface area (Å²) in [6, 6.07) is 5.60. The second-order valence-corrected chi connectivity index (χ2v) is 7.84. The summed E-state index contributed by atoms with van der Waals surface area (Å²) in [5.41, 5.74) is 2.83. The molecule has 0 spiro atoms. The number of rotatable bonds is 8. The summed E-state index contributed by atoms with van der Waals surface area (Å²) in [7, 11) is 4.76. The van der Waals surface area contributed by atoms with Crippen LogP contribution in [0.1, 0.15) is 36.4 Å². The van der Waals surface area contributed by atoms with Crippen molar-refractivity contribution in [3.05, 3.63) is 35.1 Å². The Bertz CT molecular complexity index is 992. The molecule has 7 nitrogen and oxygen atoms in total. The van der Waals surface area contributed by atoms with Crippen LogP contribution in [0.4, 0.5) is 11.6 Å². The van der Waals surface area contributed by atoms with Gasteiger partial charge in [-0.3, -0.25) is 0 Å². The highest BCUT2D eigenvalue weighted by molar-refractivity contribution is 7.15. The van der Waals surface area contributed by atoms with Crippen LogP contribution in [0.5, 0.6) is 17.2 Å². The van der Waals surface area contributed by atoms with Crippen molar-refractivity contribution in [2.24, 2.45) is 0 Å². The van der Waals surface area contributed by atoms with Gasteiger partial charge in [0, 0.05) is 29.9 Å². The van der Waals surface area contributed by atoms with Gasteiger partial charge >= 0.3 is 0 Å². The molecule has 2 aromatic heterocycles. The molecule has 0 bridgehead atoms. The van der Waals surface area contributed by atoms with Gasteiger partial charge in [-0.05, 0) is 25.3 Å². The van der Waals surface area contributed by atoms with Crippen LogP contribution >= 0.6 is 11.3 Å². The maximum absolute atomic E-state index is 5.42. The van der Waals surface area contributed by atoms with Crippen LogP contribution in [0, 0.1) is 0 Å². The van der Waals surface area contributed by atoms with Crippen molar-refractivity contribution in [2.45, 2.75) is 32.1 Å². The normalized spacial score (nSPS) is 13.2. The number of aryl methyl sites for hydroxylation is 1. The summed E-state index contributed by atoms with van der Waals surface area (Å²) >= 11 is 1.73. The zero-order chi connectivity index (χ0) is 20.4. The molecular formula is C21H24N4O3S. The number of hydrogen-bond acceptors (Lipinski definition) is 8. The lowest BCUT2D eigenvalue weighted by Gasteiger charge is -2.14. The van der Waals surface area contributed by atoms with Crippen LogP contribution in [0.25, 0.3) is 10.6 Å². The summed E-state index contributed by atoms with van der Waals surface area (Å²) in [5, 5.41) is 4.40. The molecule has 4 rings (SSSR count). The van der Waals surface area contributed by atoms with E-state index < -0.39 is 0 Å². The number of anilines is 2. The van der Waals surface area contributed by atoms with Crippen LogP contribution in [0.2, 0.25) is 0 Å². The molecule has 0 saturated heterocycles. The number of thiazole rings is 1. The van der Waals surface area contributed by atoms with E-state index in [0.717, 1.165) is 27.7 Å². The van der Waals surface area contributed by atoms with Crippen molar-refractivity contribution in [1.82, 2.24) is 15.0 Å². The van der Waals surface area contributed by atoms with Gasteiger partial charge < -0.3 is 19.5 Å². The third-order valence-corrected chi connectivity index (χ3v) is 6.01. The summed E-state index contributed by atoms with van der Waals surface area (Å²) in [6.07, 6.45) is 5.12. The smallest absolute Gasteiger partial charge is 0.227 e. The molecule has 0 amide bonds. The van der Waals surface area contributed by atoms with Gasteiger partial charge in [-0.25, -0.2) is 15.0 Å². The SMILES string of the molecule is CCc1nc(C2CC2)c(-c2ccnc(Nc3cc(OC)c(OC)c(OC)c3)n2)s1. The minimum atomic E-state index is 0.505. The van der Waals surface area contributed by atoms with Gasteiger partial charge in [0.2, 0.25) is 11.7 Å². The van der Waals surface area contributed by atoms with Crippen molar-refractivity contribution in [3.63, 3.8) is 0 Å². The maximum atomic E-state index is 5.42. The second-order valence-electron chi connectivity index (χ2n) is 6.75. The molecular weight excluding hydrogens is 388 g/mol. The monoisotopic (exact) mass is 412 g/mol. The van der Waals surface area contributed by atoms with E-state index in [2.05, 4.69) is 17.2 Å². The first-order chi connectivity index (χ1) is 14.2. The highest BCUT2D eigenvalue weighted by atomic mass is 32.1. The fourth-order valence-electron chi connectivity index (χ4n) is 3.17. The summed E-state index contributed by atoms with van der Waals surface area (Å²) in [4.78, 5) is 15.1. The zero-order valence-electron chi connectivity index (χ0n) is 17.0. The maximum Gasteiger partial charge on any atom is 0.227 e. The van der Waals surface area contributed by atoms with Gasteiger partial charge in [0.1, 0.15) is 0 Å². The minimum absolute atomic E-state index is 0.505. The number of ether oxygens (including phenoxy) is 3. The van der Waals surface area contributed by atoms with Crippen molar-refractivity contribution >= 4 is 23.0 Å². The van der Waals surface area contributed by atoms with E-state index in [4.69, 9.17) is 24.2 Å². The molecule has 1 fully saturated rings. The van der Waals surface area contributed by atoms with Crippen LogP contribution in [0.3, 0.4) is 0 Å². The molecule has 1 aliphatic carbocycles. The Hall–Kier alpha value is -2.87. The molecule has 1 aliphatic rings. The number of aromatic nitrogens is 3. The largest absolute Gasteiger partial charge is 0.493 e. The van der Waals surface area contributed by atoms with Crippen molar-refractivity contribution in [1.29, 1.82) is 0 Å². The summed E-state index contributed by atoms with van der Waals surface area (Å²) in [6.45, 7) is 2.14. The Morgan fingerprint density at radius 2 is 1.79 bits per heavy atom. The van der Waals surface area contributed by atoms with E-state index in [9.17, 15) is 0 Å². The standard InChI is InChI=1S/C21H24N4O3S/c1-5-17-25-18(12-6-7-12)20(29-17)14-8-9-22-21(24-14)23-13-10-15(26-2)19(28-4)16(11-13)27-3/h8-12H,5-7H2,1-4H3,(H,22,23,24). The topological polar surface area (TPSA) is 78.4 Å². The highest BCUT2D eigenvalue weighted by Gasteiger charge is 2.30. The number of methoxy groups -OCH3 is 3. The number of benzene rings is 1. The molecule has 0 atom stereocenters. The van der Waals surface area contributed by atoms with Crippen LogP contribution in [-0.2, 0) is 6.42 Å². The molecule has 3 aromatic rings. The highest BCUT2D eigenvalue weighted by Crippen LogP contribution is 2.46. The molecule has 1 N–H and O–H groups in total. The molecule has 1 aromatic carbocycles. The van der Waals surface area contributed by atoms with E-state index in [1.807, 2.05) is 18.2 Å². The van der Waals surface area contributed by atoms with Gasteiger partial charge in [-0.15, -0.1) is 11.3 Å². The lowest BCUT2D eigenvalue weighted by molar-refractivity contribution is 0.324. The Morgan fingerprint density at radius 3 is 2.38 bits per heavy atom. The molecule has 1 saturated carbocycles. The van der Waals surface area contributed by atoms with Crippen molar-refractivity contribution < 1.29 is 14.2 Å². The van der Waals surface area contributed by atoms with E-state index >= 15 is 0 Å². The Morgan fingerprint density at radius 1 is 1.07 bits per heavy atom. The number of hydrogen-bond donors (Lipinski definition) is 1. The van der Waals surface area contributed by atoms with E-state index in [1.54, 1.807) is 38.9 Å². The first-order valence-electron chi connectivity index (χ1n) is 9.56. The molecule has 8 heteroatoms. The Kier molecular flexibility index (Phi) is 5.53. The lowest BCUT2D eigenvalue weighted by Crippen LogP contribution is -2.01. The fraction of sp³-hybridized carbons (Fsp3) is 0.381.